The monoisotopic (exact) mass is 327 g/mol. The number of carbonyl (C=O) groups excluding carboxylic acids is 1. The van der Waals surface area contributed by atoms with Gasteiger partial charge < -0.3 is 15.5 Å². The number of aromatic nitrogens is 2. The molecule has 1 aromatic heterocycles. The molecular weight excluding hydrogens is 310 g/mol. The van der Waals surface area contributed by atoms with Crippen LogP contribution >= 0.6 is 15.9 Å². The predicted molar refractivity (Wildman–Crippen MR) is 78.2 cm³/mol. The van der Waals surface area contributed by atoms with Crippen LogP contribution in [0.2, 0.25) is 0 Å². The van der Waals surface area contributed by atoms with E-state index in [1.54, 1.807) is 13.2 Å². The fourth-order valence-corrected chi connectivity index (χ4v) is 2.36. The number of carbonyl (C=O) groups is 1. The van der Waals surface area contributed by atoms with Crippen LogP contribution in [0.15, 0.2) is 10.7 Å². The zero-order valence-corrected chi connectivity index (χ0v) is 12.5. The van der Waals surface area contributed by atoms with Gasteiger partial charge in [0.2, 0.25) is 11.9 Å². The van der Waals surface area contributed by atoms with Crippen LogP contribution in [0.4, 0.5) is 11.8 Å². The lowest BCUT2D eigenvalue weighted by Gasteiger charge is -2.26. The molecule has 7 heteroatoms. The van der Waals surface area contributed by atoms with Crippen molar-refractivity contribution in [2.24, 2.45) is 0 Å². The molecule has 1 aromatic rings. The molecule has 2 rings (SSSR count). The Morgan fingerprint density at radius 1 is 1.42 bits per heavy atom. The van der Waals surface area contributed by atoms with Gasteiger partial charge in [0, 0.05) is 26.3 Å². The number of piperidine rings is 1. The highest BCUT2D eigenvalue weighted by Gasteiger charge is 2.16. The molecule has 1 saturated heterocycles. The number of hydrogen-bond donors (Lipinski definition) is 2. The van der Waals surface area contributed by atoms with Crippen molar-refractivity contribution in [1.82, 2.24) is 14.9 Å². The van der Waals surface area contributed by atoms with E-state index in [-0.39, 0.29) is 12.5 Å². The van der Waals surface area contributed by atoms with Crippen LogP contribution in [0.3, 0.4) is 0 Å². The van der Waals surface area contributed by atoms with E-state index < -0.39 is 0 Å². The second kappa shape index (κ2) is 6.70. The summed E-state index contributed by atoms with van der Waals surface area (Å²) in [6.07, 6.45) is 5.09. The first kappa shape index (κ1) is 14.0. The van der Waals surface area contributed by atoms with Gasteiger partial charge in [-0.1, -0.05) is 0 Å². The smallest absolute Gasteiger partial charge is 0.241 e. The first-order valence-corrected chi connectivity index (χ1v) is 7.22. The second-order valence-corrected chi connectivity index (χ2v) is 5.29. The number of likely N-dealkylation sites (tertiary alicyclic amines) is 1. The minimum atomic E-state index is 0.121. The lowest BCUT2D eigenvalue weighted by Crippen LogP contribution is -2.39. The average Bonchev–Trinajstić information content (AvgIpc) is 2.47. The van der Waals surface area contributed by atoms with Gasteiger partial charge in [-0.15, -0.1) is 0 Å². The predicted octanol–water partition coefficient (Wildman–Crippen LogP) is 1.71. The number of anilines is 2. The molecule has 0 spiro atoms. The molecule has 104 valence electrons. The number of hydrogen-bond acceptors (Lipinski definition) is 5. The van der Waals surface area contributed by atoms with Gasteiger partial charge in [0.05, 0.1) is 11.0 Å². The Kier molecular flexibility index (Phi) is 4.95. The van der Waals surface area contributed by atoms with Crippen molar-refractivity contribution in [3.8, 4) is 0 Å². The molecule has 0 bridgehead atoms. The van der Waals surface area contributed by atoms with Crippen LogP contribution in [-0.2, 0) is 4.79 Å². The van der Waals surface area contributed by atoms with Crippen molar-refractivity contribution < 1.29 is 4.79 Å². The SMILES string of the molecule is CNc1ncc(Br)c(NCC(=O)N2CCCCC2)n1. The fraction of sp³-hybridized carbons (Fsp3) is 0.583. The molecule has 0 radical (unpaired) electrons. The molecule has 1 aliphatic heterocycles. The third-order valence-electron chi connectivity index (χ3n) is 3.08. The molecule has 2 N–H and O–H groups in total. The van der Waals surface area contributed by atoms with Crippen LogP contribution < -0.4 is 10.6 Å². The maximum atomic E-state index is 12.0. The Balaban J connectivity index is 1.92. The highest BCUT2D eigenvalue weighted by Crippen LogP contribution is 2.19. The maximum Gasteiger partial charge on any atom is 0.241 e. The van der Waals surface area contributed by atoms with E-state index in [1.807, 2.05) is 4.90 Å². The molecule has 1 amide bonds. The van der Waals surface area contributed by atoms with Crippen molar-refractivity contribution >= 4 is 33.6 Å². The summed E-state index contributed by atoms with van der Waals surface area (Å²) in [7, 11) is 1.76. The summed E-state index contributed by atoms with van der Waals surface area (Å²) < 4.78 is 0.748. The largest absolute Gasteiger partial charge is 0.360 e. The highest BCUT2D eigenvalue weighted by atomic mass is 79.9. The number of nitrogens with zero attached hydrogens (tertiary/aromatic N) is 3. The molecule has 0 aromatic carbocycles. The lowest BCUT2D eigenvalue weighted by atomic mass is 10.1. The van der Waals surface area contributed by atoms with Crippen LogP contribution in [0.1, 0.15) is 19.3 Å². The number of amides is 1. The number of rotatable bonds is 4. The molecule has 2 heterocycles. The molecule has 0 aliphatic carbocycles. The van der Waals surface area contributed by atoms with Gasteiger partial charge in [0.1, 0.15) is 5.82 Å². The number of nitrogens with one attached hydrogen (secondary N) is 2. The second-order valence-electron chi connectivity index (χ2n) is 4.44. The van der Waals surface area contributed by atoms with E-state index in [9.17, 15) is 4.79 Å². The van der Waals surface area contributed by atoms with Gasteiger partial charge in [0.15, 0.2) is 0 Å². The van der Waals surface area contributed by atoms with E-state index in [0.717, 1.165) is 30.4 Å². The molecule has 0 unspecified atom stereocenters. The molecular formula is C12H18BrN5O. The summed E-state index contributed by atoms with van der Waals surface area (Å²) in [5, 5.41) is 5.92. The van der Waals surface area contributed by atoms with Crippen LogP contribution in [-0.4, -0.2) is 47.5 Å². The molecule has 1 aliphatic rings. The first-order chi connectivity index (χ1) is 9.20. The van der Waals surface area contributed by atoms with Gasteiger partial charge >= 0.3 is 0 Å². The fourth-order valence-electron chi connectivity index (χ4n) is 2.03. The van der Waals surface area contributed by atoms with Crippen molar-refractivity contribution in [2.75, 3.05) is 37.3 Å². The third kappa shape index (κ3) is 3.79. The van der Waals surface area contributed by atoms with Crippen molar-refractivity contribution in [1.29, 1.82) is 0 Å². The zero-order chi connectivity index (χ0) is 13.7. The molecule has 0 saturated carbocycles. The van der Waals surface area contributed by atoms with Gasteiger partial charge in [-0.2, -0.15) is 4.98 Å². The standard InChI is InChI=1S/C12H18BrN5O/c1-14-12-16-7-9(13)11(17-12)15-8-10(19)18-5-3-2-4-6-18/h7H,2-6,8H2,1H3,(H2,14,15,16,17). The summed E-state index contributed by atoms with van der Waals surface area (Å²) in [5.74, 6) is 1.28. The topological polar surface area (TPSA) is 70.2 Å². The quantitative estimate of drug-likeness (QED) is 0.880. The normalized spacial score (nSPS) is 15.2. The summed E-state index contributed by atoms with van der Waals surface area (Å²) in [6.45, 7) is 2.00. The molecule has 6 nitrogen and oxygen atoms in total. The third-order valence-corrected chi connectivity index (χ3v) is 3.66. The van der Waals surface area contributed by atoms with E-state index in [1.165, 1.54) is 6.42 Å². The lowest BCUT2D eigenvalue weighted by molar-refractivity contribution is -0.130. The Morgan fingerprint density at radius 2 is 2.16 bits per heavy atom. The van der Waals surface area contributed by atoms with Gasteiger partial charge in [-0.3, -0.25) is 4.79 Å². The van der Waals surface area contributed by atoms with E-state index in [2.05, 4.69) is 36.5 Å². The summed E-state index contributed by atoms with van der Waals surface area (Å²) in [5.41, 5.74) is 0. The summed E-state index contributed by atoms with van der Waals surface area (Å²) >= 11 is 3.37. The van der Waals surface area contributed by atoms with Gasteiger partial charge in [-0.25, -0.2) is 4.98 Å². The van der Waals surface area contributed by atoms with Crippen LogP contribution in [0.5, 0.6) is 0 Å². The average molecular weight is 328 g/mol. The van der Waals surface area contributed by atoms with Crippen molar-refractivity contribution in [3.63, 3.8) is 0 Å². The highest BCUT2D eigenvalue weighted by molar-refractivity contribution is 9.10. The summed E-state index contributed by atoms with van der Waals surface area (Å²) in [4.78, 5) is 22.3. The van der Waals surface area contributed by atoms with Crippen LogP contribution in [0, 0.1) is 0 Å². The van der Waals surface area contributed by atoms with E-state index in [4.69, 9.17) is 0 Å². The van der Waals surface area contributed by atoms with Crippen LogP contribution in [0.25, 0.3) is 0 Å². The molecule has 1 fully saturated rings. The Hall–Kier alpha value is -1.37. The summed E-state index contributed by atoms with van der Waals surface area (Å²) in [6, 6.07) is 0. The maximum absolute atomic E-state index is 12.0. The van der Waals surface area contributed by atoms with Crippen molar-refractivity contribution in [2.45, 2.75) is 19.3 Å². The minimum Gasteiger partial charge on any atom is -0.360 e. The minimum absolute atomic E-state index is 0.121. The Morgan fingerprint density at radius 3 is 2.84 bits per heavy atom. The molecule has 19 heavy (non-hydrogen) atoms. The first-order valence-electron chi connectivity index (χ1n) is 6.42. The van der Waals surface area contributed by atoms with E-state index in [0.29, 0.717) is 11.8 Å². The Labute approximate surface area is 121 Å². The van der Waals surface area contributed by atoms with E-state index >= 15 is 0 Å². The van der Waals surface area contributed by atoms with Gasteiger partial charge in [0.25, 0.3) is 0 Å². The van der Waals surface area contributed by atoms with Crippen molar-refractivity contribution in [3.05, 3.63) is 10.7 Å². The Bertz CT molecular complexity index is 448. The zero-order valence-electron chi connectivity index (χ0n) is 10.9. The number of halogens is 1. The molecule has 0 atom stereocenters. The van der Waals surface area contributed by atoms with Gasteiger partial charge in [-0.05, 0) is 35.2 Å².